The Kier molecular flexibility index (Phi) is 0.606. The Labute approximate surface area is 48.9 Å². The van der Waals surface area contributed by atoms with E-state index < -0.39 is 0 Å². The minimum Gasteiger partial charge on any atom is -0.270 e. The molecule has 0 N–H and O–H groups in total. The number of aromatic nitrogens is 2. The van der Waals surface area contributed by atoms with E-state index >= 15 is 0 Å². The third-order valence-electron chi connectivity index (χ3n) is 1.54. The van der Waals surface area contributed by atoms with Gasteiger partial charge in [-0.05, 0) is 0 Å². The molecule has 0 aliphatic carbocycles. The number of fused-ring (bicyclic) bond motifs is 1. The van der Waals surface area contributed by atoms with Crippen molar-refractivity contribution < 1.29 is 0 Å². The summed E-state index contributed by atoms with van der Waals surface area (Å²) in [5, 5.41) is 3.99. The molecule has 0 aromatic carbocycles. The molecular weight excluding hydrogens is 98.9 g/mol. The van der Waals surface area contributed by atoms with Crippen LogP contribution in [0.2, 0.25) is 0 Å². The first-order valence-electron chi connectivity index (χ1n) is 2.68. The molecule has 1 aliphatic rings. The minimum absolute atomic E-state index is 0.844. The van der Waals surface area contributed by atoms with E-state index in [1.807, 2.05) is 4.68 Å². The smallest absolute Gasteiger partial charge is 0.118 e. The Balaban J connectivity index is 2.66. The topological polar surface area (TPSA) is 17.8 Å². The van der Waals surface area contributed by atoms with Gasteiger partial charge in [0.15, 0.2) is 0 Å². The number of nitrogens with zero attached hydrogens (tertiary/aromatic N) is 2. The van der Waals surface area contributed by atoms with Gasteiger partial charge in [0.25, 0.3) is 0 Å². The zero-order valence-electron chi connectivity index (χ0n) is 4.46. The molecule has 0 unspecified atom stereocenters. The van der Waals surface area contributed by atoms with Crippen LogP contribution >= 0.6 is 0 Å². The van der Waals surface area contributed by atoms with Crippen LogP contribution in [0.25, 0.3) is 0 Å². The van der Waals surface area contributed by atoms with Crippen LogP contribution in [0.15, 0.2) is 6.20 Å². The third-order valence-corrected chi connectivity index (χ3v) is 1.54. The lowest BCUT2D eigenvalue weighted by atomic mass is 9.93. The molecule has 0 spiro atoms. The molecule has 2 nitrogen and oxygen atoms in total. The Morgan fingerprint density at radius 2 is 2.62 bits per heavy atom. The van der Waals surface area contributed by atoms with Crippen molar-refractivity contribution in [2.24, 2.45) is 0 Å². The highest BCUT2D eigenvalue weighted by Gasteiger charge is 2.14. The molecule has 2 radical (unpaired) electrons. The standard InChI is InChI=1S/C5H5BN2/c6-4-3-7-8-2-1-5(4)8/h3H,1-2H2. The maximum absolute atomic E-state index is 5.51. The first-order chi connectivity index (χ1) is 3.88. The number of rotatable bonds is 0. The quantitative estimate of drug-likeness (QED) is 0.395. The van der Waals surface area contributed by atoms with E-state index in [9.17, 15) is 0 Å². The van der Waals surface area contributed by atoms with Crippen LogP contribution in [0.3, 0.4) is 0 Å². The fraction of sp³-hybridized carbons (Fsp3) is 0.400. The van der Waals surface area contributed by atoms with E-state index in [0.717, 1.165) is 18.4 Å². The SMILES string of the molecule is [B]c1cnn2c1CC2. The van der Waals surface area contributed by atoms with E-state index in [1.54, 1.807) is 6.20 Å². The van der Waals surface area contributed by atoms with Crippen LogP contribution in [0, 0.1) is 0 Å². The molecule has 0 fully saturated rings. The maximum atomic E-state index is 5.51. The van der Waals surface area contributed by atoms with Gasteiger partial charge in [0.05, 0.1) is 0 Å². The lowest BCUT2D eigenvalue weighted by Crippen LogP contribution is -2.24. The summed E-state index contributed by atoms with van der Waals surface area (Å²) in [7, 11) is 5.51. The fourth-order valence-electron chi connectivity index (χ4n) is 0.951. The second kappa shape index (κ2) is 1.16. The first-order valence-corrected chi connectivity index (χ1v) is 2.68. The number of aryl methyl sites for hydroxylation is 1. The van der Waals surface area contributed by atoms with E-state index in [4.69, 9.17) is 7.85 Å². The van der Waals surface area contributed by atoms with Crippen molar-refractivity contribution in [3.63, 3.8) is 0 Å². The van der Waals surface area contributed by atoms with Gasteiger partial charge in [-0.1, -0.05) is 5.46 Å². The Morgan fingerprint density at radius 3 is 2.88 bits per heavy atom. The van der Waals surface area contributed by atoms with E-state index in [1.165, 1.54) is 5.69 Å². The summed E-state index contributed by atoms with van der Waals surface area (Å²) < 4.78 is 1.93. The van der Waals surface area contributed by atoms with Gasteiger partial charge in [0.2, 0.25) is 0 Å². The monoisotopic (exact) mass is 104 g/mol. The minimum atomic E-state index is 0.844. The highest BCUT2D eigenvalue weighted by molar-refractivity contribution is 6.33. The van der Waals surface area contributed by atoms with E-state index in [2.05, 4.69) is 5.10 Å². The molecule has 2 rings (SSSR count). The third kappa shape index (κ3) is 0.323. The maximum Gasteiger partial charge on any atom is 0.118 e. The average molecular weight is 104 g/mol. The molecular formula is C5H5BN2. The first kappa shape index (κ1) is 4.18. The highest BCUT2D eigenvalue weighted by Crippen LogP contribution is 2.07. The molecule has 8 heavy (non-hydrogen) atoms. The van der Waals surface area contributed by atoms with Gasteiger partial charge in [-0.2, -0.15) is 5.10 Å². The lowest BCUT2D eigenvalue weighted by Gasteiger charge is -2.15. The zero-order chi connectivity index (χ0) is 5.56. The number of hydrogen-bond donors (Lipinski definition) is 0. The summed E-state index contributed by atoms with van der Waals surface area (Å²) >= 11 is 0. The summed E-state index contributed by atoms with van der Waals surface area (Å²) in [6.45, 7) is 1.05. The van der Waals surface area contributed by atoms with Crippen LogP contribution in [0.4, 0.5) is 0 Å². The van der Waals surface area contributed by atoms with Gasteiger partial charge < -0.3 is 0 Å². The molecule has 1 aliphatic heterocycles. The predicted octanol–water partition coefficient (Wildman–Crippen LogP) is -0.767. The Morgan fingerprint density at radius 1 is 1.75 bits per heavy atom. The Bertz CT molecular complexity index is 203. The summed E-state index contributed by atoms with van der Waals surface area (Å²) in [5.41, 5.74) is 2.04. The molecule has 38 valence electrons. The van der Waals surface area contributed by atoms with Crippen molar-refractivity contribution in [1.82, 2.24) is 9.78 Å². The van der Waals surface area contributed by atoms with Gasteiger partial charge in [-0.15, -0.1) is 0 Å². The summed E-state index contributed by atoms with van der Waals surface area (Å²) in [5.74, 6) is 0. The summed E-state index contributed by atoms with van der Waals surface area (Å²) in [6, 6.07) is 0. The summed E-state index contributed by atoms with van der Waals surface area (Å²) in [6.07, 6.45) is 2.81. The molecule has 0 saturated carbocycles. The molecule has 1 aromatic heterocycles. The van der Waals surface area contributed by atoms with Gasteiger partial charge in [0, 0.05) is 24.9 Å². The molecule has 2 heterocycles. The molecule has 0 bridgehead atoms. The van der Waals surface area contributed by atoms with E-state index in [-0.39, 0.29) is 0 Å². The Hall–Kier alpha value is -0.725. The van der Waals surface area contributed by atoms with Crippen LogP contribution in [0.1, 0.15) is 5.69 Å². The molecule has 3 heteroatoms. The van der Waals surface area contributed by atoms with Gasteiger partial charge >= 0.3 is 0 Å². The lowest BCUT2D eigenvalue weighted by molar-refractivity contribution is 0.493. The van der Waals surface area contributed by atoms with Crippen LogP contribution in [-0.4, -0.2) is 17.6 Å². The second-order valence-electron chi connectivity index (χ2n) is 2.02. The van der Waals surface area contributed by atoms with Crippen molar-refractivity contribution in [1.29, 1.82) is 0 Å². The summed E-state index contributed by atoms with van der Waals surface area (Å²) in [4.78, 5) is 0. The predicted molar refractivity (Wildman–Crippen MR) is 31.3 cm³/mol. The van der Waals surface area contributed by atoms with Crippen molar-refractivity contribution in [3.8, 4) is 0 Å². The van der Waals surface area contributed by atoms with Gasteiger partial charge in [-0.3, -0.25) is 4.68 Å². The highest BCUT2D eigenvalue weighted by atomic mass is 15.3. The van der Waals surface area contributed by atoms with Crippen molar-refractivity contribution in [2.75, 3.05) is 0 Å². The average Bonchev–Trinajstić information content (AvgIpc) is 1.80. The largest absolute Gasteiger partial charge is 0.270 e. The number of hydrogen-bond acceptors (Lipinski definition) is 1. The zero-order valence-corrected chi connectivity index (χ0v) is 4.46. The van der Waals surface area contributed by atoms with Crippen molar-refractivity contribution >= 4 is 13.3 Å². The van der Waals surface area contributed by atoms with Crippen LogP contribution in [-0.2, 0) is 13.0 Å². The van der Waals surface area contributed by atoms with E-state index in [0.29, 0.717) is 0 Å². The normalized spacial score (nSPS) is 15.0. The van der Waals surface area contributed by atoms with Crippen molar-refractivity contribution in [3.05, 3.63) is 11.9 Å². The fourth-order valence-corrected chi connectivity index (χ4v) is 0.951. The van der Waals surface area contributed by atoms with Crippen LogP contribution < -0.4 is 5.46 Å². The molecule has 0 atom stereocenters. The molecule has 0 amide bonds. The van der Waals surface area contributed by atoms with Gasteiger partial charge in [-0.25, -0.2) is 0 Å². The van der Waals surface area contributed by atoms with Crippen molar-refractivity contribution in [2.45, 2.75) is 13.0 Å². The van der Waals surface area contributed by atoms with Crippen LogP contribution in [0.5, 0.6) is 0 Å². The van der Waals surface area contributed by atoms with Gasteiger partial charge in [0.1, 0.15) is 7.85 Å². The molecule has 1 aromatic rings. The molecule has 0 saturated heterocycles. The second-order valence-corrected chi connectivity index (χ2v) is 2.02.